The lowest BCUT2D eigenvalue weighted by Crippen LogP contribution is -2.54. The van der Waals surface area contributed by atoms with Crippen molar-refractivity contribution < 1.29 is 23.1 Å². The fourth-order valence-electron chi connectivity index (χ4n) is 4.20. The van der Waals surface area contributed by atoms with E-state index in [1.54, 1.807) is 0 Å². The van der Waals surface area contributed by atoms with Crippen LogP contribution in [0.1, 0.15) is 74.6 Å². The van der Waals surface area contributed by atoms with Gasteiger partial charge >= 0.3 is 5.97 Å². The number of rotatable bonds is 5. The molecule has 3 rings (SSSR count). The molecule has 27 heavy (non-hydrogen) atoms. The van der Waals surface area contributed by atoms with Crippen LogP contribution in [0.5, 0.6) is 0 Å². The Labute approximate surface area is 160 Å². The number of aliphatic carboxylic acids is 1. The number of carbonyl (C=O) groups excluding carboxylic acids is 1. The van der Waals surface area contributed by atoms with E-state index in [2.05, 4.69) is 5.32 Å². The van der Waals surface area contributed by atoms with Gasteiger partial charge in [0, 0.05) is 5.56 Å². The van der Waals surface area contributed by atoms with Crippen molar-refractivity contribution in [1.82, 2.24) is 5.32 Å². The highest BCUT2D eigenvalue weighted by molar-refractivity contribution is 7.92. The number of benzene rings is 1. The molecule has 2 N–H and O–H groups in total. The van der Waals surface area contributed by atoms with Crippen molar-refractivity contribution in [3.05, 3.63) is 29.8 Å². The van der Waals surface area contributed by atoms with E-state index in [1.807, 2.05) is 0 Å². The standard InChI is InChI=1S/C20H27NO5S/c22-18(21-20(19(23)24)13-5-1-2-6-14-20)15-9-11-17(12-10-15)27(25,26)16-7-3-4-8-16/h9-12,16H,1-8,13-14H2,(H,21,22)(H,23,24). The molecule has 0 radical (unpaired) electrons. The second kappa shape index (κ2) is 8.00. The molecule has 1 aromatic rings. The van der Waals surface area contributed by atoms with Gasteiger partial charge in [-0.1, -0.05) is 38.5 Å². The molecule has 7 heteroatoms. The monoisotopic (exact) mass is 393 g/mol. The van der Waals surface area contributed by atoms with E-state index in [9.17, 15) is 23.1 Å². The van der Waals surface area contributed by atoms with Crippen LogP contribution in [0, 0.1) is 0 Å². The van der Waals surface area contributed by atoms with Crippen molar-refractivity contribution in [3.8, 4) is 0 Å². The second-order valence-corrected chi connectivity index (χ2v) is 9.96. The molecule has 0 spiro atoms. The number of nitrogens with one attached hydrogen (secondary N) is 1. The van der Waals surface area contributed by atoms with Gasteiger partial charge in [0.2, 0.25) is 0 Å². The molecular formula is C20H27NO5S. The first kappa shape index (κ1) is 19.9. The molecule has 6 nitrogen and oxygen atoms in total. The normalized spacial score (nSPS) is 20.7. The zero-order chi connectivity index (χ0) is 19.5. The molecule has 2 aliphatic rings. The maximum absolute atomic E-state index is 12.6. The van der Waals surface area contributed by atoms with Gasteiger partial charge in [0.1, 0.15) is 5.54 Å². The fourth-order valence-corrected chi connectivity index (χ4v) is 6.06. The third kappa shape index (κ3) is 4.18. The zero-order valence-corrected chi connectivity index (χ0v) is 16.3. The third-order valence-corrected chi connectivity index (χ3v) is 8.18. The maximum Gasteiger partial charge on any atom is 0.329 e. The minimum atomic E-state index is -3.36. The van der Waals surface area contributed by atoms with E-state index in [0.717, 1.165) is 38.5 Å². The zero-order valence-electron chi connectivity index (χ0n) is 15.4. The van der Waals surface area contributed by atoms with E-state index >= 15 is 0 Å². The Morgan fingerprint density at radius 2 is 1.48 bits per heavy atom. The Bertz CT molecular complexity index is 786. The molecule has 0 heterocycles. The summed E-state index contributed by atoms with van der Waals surface area (Å²) in [5.74, 6) is -1.47. The van der Waals surface area contributed by atoms with Gasteiger partial charge in [-0.2, -0.15) is 0 Å². The Hall–Kier alpha value is -1.89. The number of sulfone groups is 1. The van der Waals surface area contributed by atoms with Crippen LogP contribution in [-0.2, 0) is 14.6 Å². The van der Waals surface area contributed by atoms with E-state index in [0.29, 0.717) is 25.7 Å². The van der Waals surface area contributed by atoms with Crippen LogP contribution in [-0.4, -0.2) is 36.2 Å². The first-order valence-corrected chi connectivity index (χ1v) is 11.3. The van der Waals surface area contributed by atoms with Gasteiger partial charge < -0.3 is 10.4 Å². The summed E-state index contributed by atoms with van der Waals surface area (Å²) in [4.78, 5) is 24.7. The predicted molar refractivity (Wildman–Crippen MR) is 101 cm³/mol. The van der Waals surface area contributed by atoms with Crippen LogP contribution >= 0.6 is 0 Å². The average molecular weight is 394 g/mol. The van der Waals surface area contributed by atoms with Gasteiger partial charge in [-0.15, -0.1) is 0 Å². The van der Waals surface area contributed by atoms with Crippen LogP contribution in [0.4, 0.5) is 0 Å². The van der Waals surface area contributed by atoms with Crippen molar-refractivity contribution in [2.24, 2.45) is 0 Å². The summed E-state index contributed by atoms with van der Waals surface area (Å²) in [6, 6.07) is 5.87. The first-order chi connectivity index (χ1) is 12.8. The highest BCUT2D eigenvalue weighted by Crippen LogP contribution is 2.30. The summed E-state index contributed by atoms with van der Waals surface area (Å²) < 4.78 is 25.3. The van der Waals surface area contributed by atoms with Crippen molar-refractivity contribution >= 4 is 21.7 Å². The molecule has 1 amide bonds. The van der Waals surface area contributed by atoms with Gasteiger partial charge in [0.25, 0.3) is 5.91 Å². The van der Waals surface area contributed by atoms with Gasteiger partial charge in [0.15, 0.2) is 9.84 Å². The summed E-state index contributed by atoms with van der Waals surface area (Å²) in [7, 11) is -3.36. The van der Waals surface area contributed by atoms with Crippen LogP contribution in [0.15, 0.2) is 29.2 Å². The Morgan fingerprint density at radius 1 is 0.926 bits per heavy atom. The lowest BCUT2D eigenvalue weighted by molar-refractivity contribution is -0.145. The second-order valence-electron chi connectivity index (χ2n) is 7.73. The molecule has 0 aliphatic heterocycles. The van der Waals surface area contributed by atoms with Crippen LogP contribution in [0.25, 0.3) is 0 Å². The Kier molecular flexibility index (Phi) is 5.89. The van der Waals surface area contributed by atoms with E-state index in [4.69, 9.17) is 0 Å². The lowest BCUT2D eigenvalue weighted by atomic mass is 9.90. The molecule has 2 saturated carbocycles. The van der Waals surface area contributed by atoms with Crippen LogP contribution in [0.2, 0.25) is 0 Å². The topological polar surface area (TPSA) is 101 Å². The summed E-state index contributed by atoms with van der Waals surface area (Å²) >= 11 is 0. The highest BCUT2D eigenvalue weighted by Gasteiger charge is 2.40. The largest absolute Gasteiger partial charge is 0.480 e. The Morgan fingerprint density at radius 3 is 2.00 bits per heavy atom. The fraction of sp³-hybridized carbons (Fsp3) is 0.600. The molecule has 0 aromatic heterocycles. The van der Waals surface area contributed by atoms with E-state index in [-0.39, 0.29) is 15.7 Å². The smallest absolute Gasteiger partial charge is 0.329 e. The summed E-state index contributed by atoms with van der Waals surface area (Å²) in [5, 5.41) is 12.1. The average Bonchev–Trinajstić information content (AvgIpc) is 3.10. The molecule has 148 valence electrons. The van der Waals surface area contributed by atoms with Crippen molar-refractivity contribution in [2.75, 3.05) is 0 Å². The van der Waals surface area contributed by atoms with Gasteiger partial charge in [-0.25, -0.2) is 13.2 Å². The number of carbonyl (C=O) groups is 2. The van der Waals surface area contributed by atoms with Gasteiger partial charge in [-0.3, -0.25) is 4.79 Å². The molecule has 0 atom stereocenters. The number of amides is 1. The summed E-state index contributed by atoms with van der Waals surface area (Å²) in [6.45, 7) is 0. The number of hydrogen-bond acceptors (Lipinski definition) is 4. The molecule has 0 saturated heterocycles. The molecule has 0 bridgehead atoms. The lowest BCUT2D eigenvalue weighted by Gasteiger charge is -2.29. The van der Waals surface area contributed by atoms with E-state index < -0.39 is 27.3 Å². The van der Waals surface area contributed by atoms with Gasteiger partial charge in [-0.05, 0) is 49.9 Å². The Balaban J connectivity index is 1.76. The van der Waals surface area contributed by atoms with E-state index in [1.165, 1.54) is 24.3 Å². The summed E-state index contributed by atoms with van der Waals surface area (Å²) in [5.41, 5.74) is -0.951. The number of carboxylic acids is 1. The predicted octanol–water partition coefficient (Wildman–Crippen LogP) is 3.31. The molecule has 2 aliphatic carbocycles. The number of hydrogen-bond donors (Lipinski definition) is 2. The van der Waals surface area contributed by atoms with Crippen molar-refractivity contribution in [2.45, 2.75) is 79.9 Å². The minimum Gasteiger partial charge on any atom is -0.480 e. The highest BCUT2D eigenvalue weighted by atomic mass is 32.2. The quantitative estimate of drug-likeness (QED) is 0.748. The summed E-state index contributed by atoms with van der Waals surface area (Å²) in [6.07, 6.45) is 7.55. The number of carboxylic acid groups (broad SMARTS) is 1. The molecular weight excluding hydrogens is 366 g/mol. The van der Waals surface area contributed by atoms with Crippen LogP contribution < -0.4 is 5.32 Å². The molecule has 2 fully saturated rings. The SMILES string of the molecule is O=C(NC1(C(=O)O)CCCCCC1)c1ccc(S(=O)(=O)C2CCCC2)cc1. The van der Waals surface area contributed by atoms with Crippen molar-refractivity contribution in [1.29, 1.82) is 0 Å². The minimum absolute atomic E-state index is 0.230. The van der Waals surface area contributed by atoms with Crippen LogP contribution in [0.3, 0.4) is 0 Å². The first-order valence-electron chi connectivity index (χ1n) is 9.75. The van der Waals surface area contributed by atoms with Crippen molar-refractivity contribution in [3.63, 3.8) is 0 Å². The third-order valence-electron chi connectivity index (χ3n) is 5.91. The molecule has 1 aromatic carbocycles. The molecule has 0 unspecified atom stereocenters. The van der Waals surface area contributed by atoms with Gasteiger partial charge in [0.05, 0.1) is 10.1 Å². The maximum atomic E-state index is 12.6.